The van der Waals surface area contributed by atoms with E-state index in [4.69, 9.17) is 9.73 Å². The molecule has 0 aliphatic carbocycles. The molecule has 0 amide bonds. The van der Waals surface area contributed by atoms with E-state index in [0.717, 1.165) is 16.7 Å². The van der Waals surface area contributed by atoms with Gasteiger partial charge in [0.2, 0.25) is 0 Å². The molecular weight excluding hydrogens is 605 g/mol. The molecule has 1 aliphatic rings. The number of aliphatic imine (C=N–C) groups is 1. The zero-order chi connectivity index (χ0) is 31.3. The summed E-state index contributed by atoms with van der Waals surface area (Å²) in [5, 5.41) is 5.37. The molecule has 6 rings (SSSR count). The zero-order valence-electron chi connectivity index (χ0n) is 24.4. The van der Waals surface area contributed by atoms with Gasteiger partial charge >= 0.3 is 5.97 Å². The molecule has 2 N–H and O–H groups in total. The van der Waals surface area contributed by atoms with Gasteiger partial charge in [-0.15, -0.1) is 11.3 Å². The first kappa shape index (κ1) is 30.0. The van der Waals surface area contributed by atoms with Crippen molar-refractivity contribution < 1.29 is 17.9 Å². The van der Waals surface area contributed by atoms with E-state index in [9.17, 15) is 13.2 Å². The summed E-state index contributed by atoms with van der Waals surface area (Å²) in [5.41, 5.74) is 3.26. The number of carbonyl (C=O) groups excluding carboxylic acids is 1. The van der Waals surface area contributed by atoms with Gasteiger partial charge in [0.05, 0.1) is 11.5 Å². The first-order valence-corrected chi connectivity index (χ1v) is 16.7. The Bertz CT molecular complexity index is 1860. The molecule has 0 saturated carbocycles. The Morgan fingerprint density at radius 1 is 0.933 bits per heavy atom. The number of ether oxygens (including phenoxy) is 1. The first-order chi connectivity index (χ1) is 21.9. The molecule has 10 heteroatoms. The van der Waals surface area contributed by atoms with Gasteiger partial charge in [-0.3, -0.25) is 9.71 Å². The molecule has 0 bridgehead atoms. The molecule has 45 heavy (non-hydrogen) atoms. The Hall–Kier alpha value is -5.06. The average molecular weight is 635 g/mol. The standard InChI is InChI=1S/C35H30N4O4S2/c1-2-43-33(40)26-22-25-18-19-30(45(41,42)39-34-36-20-21-44-34)24-31(25)37-32(23-26)38-35(27-12-6-3-7-13-27,28-14-8-4-9-15-28)29-16-10-5-11-17-29/h3-22,24H,2,23H2,1H3,(H,36,39)(H,37,38). The van der Waals surface area contributed by atoms with Crippen molar-refractivity contribution in [3.8, 4) is 0 Å². The number of rotatable bonds is 9. The number of thiazole rings is 1. The smallest absolute Gasteiger partial charge is 0.334 e. The number of fused-ring (bicyclic) bond motifs is 1. The van der Waals surface area contributed by atoms with Gasteiger partial charge in [-0.1, -0.05) is 97.1 Å². The lowest BCUT2D eigenvalue weighted by Gasteiger charge is -2.33. The number of benzene rings is 4. The van der Waals surface area contributed by atoms with Crippen LogP contribution >= 0.6 is 11.3 Å². The third-order valence-corrected chi connectivity index (χ3v) is 9.52. The Balaban J connectivity index is 1.55. The number of aromatic nitrogens is 1. The third-order valence-electron chi connectivity index (χ3n) is 7.37. The molecule has 0 unspecified atom stereocenters. The van der Waals surface area contributed by atoms with Crippen LogP contribution in [0.3, 0.4) is 0 Å². The molecule has 4 aromatic carbocycles. The quantitative estimate of drug-likeness (QED) is 0.132. The lowest BCUT2D eigenvalue weighted by atomic mass is 9.77. The summed E-state index contributed by atoms with van der Waals surface area (Å²) in [4.78, 5) is 22.8. The number of anilines is 2. The van der Waals surface area contributed by atoms with Crippen molar-refractivity contribution in [2.24, 2.45) is 4.99 Å². The van der Waals surface area contributed by atoms with Gasteiger partial charge in [0.25, 0.3) is 10.0 Å². The average Bonchev–Trinajstić information content (AvgIpc) is 3.50. The third kappa shape index (κ3) is 6.29. The maximum absolute atomic E-state index is 13.3. The number of nitrogens with zero attached hydrogens (tertiary/aromatic N) is 2. The van der Waals surface area contributed by atoms with E-state index >= 15 is 0 Å². The van der Waals surface area contributed by atoms with Crippen LogP contribution in [0, 0.1) is 0 Å². The molecule has 1 aromatic heterocycles. The number of amidine groups is 1. The monoisotopic (exact) mass is 634 g/mol. The fourth-order valence-corrected chi connectivity index (χ4v) is 7.17. The molecule has 0 saturated heterocycles. The highest BCUT2D eigenvalue weighted by Crippen LogP contribution is 2.42. The van der Waals surface area contributed by atoms with Gasteiger partial charge in [-0.05, 0) is 47.4 Å². The molecule has 0 atom stereocenters. The van der Waals surface area contributed by atoms with Crippen LogP contribution in [0.1, 0.15) is 35.6 Å². The van der Waals surface area contributed by atoms with Crippen LogP contribution in [0.5, 0.6) is 0 Å². The van der Waals surface area contributed by atoms with Gasteiger partial charge in [-0.25, -0.2) is 18.2 Å². The molecule has 8 nitrogen and oxygen atoms in total. The molecular formula is C35H30N4O4S2. The van der Waals surface area contributed by atoms with Crippen LogP contribution in [-0.2, 0) is 25.1 Å². The van der Waals surface area contributed by atoms with E-state index in [0.29, 0.717) is 22.7 Å². The van der Waals surface area contributed by atoms with Gasteiger partial charge in [0, 0.05) is 29.3 Å². The summed E-state index contributed by atoms with van der Waals surface area (Å²) in [7, 11) is -3.94. The lowest BCUT2D eigenvalue weighted by molar-refractivity contribution is -0.138. The summed E-state index contributed by atoms with van der Waals surface area (Å²) in [5.74, 6) is -0.00115. The van der Waals surface area contributed by atoms with Crippen molar-refractivity contribution in [1.82, 2.24) is 4.98 Å². The van der Waals surface area contributed by atoms with E-state index in [1.807, 2.05) is 91.0 Å². The summed E-state index contributed by atoms with van der Waals surface area (Å²) < 4.78 is 34.6. The Labute approximate surface area is 266 Å². The van der Waals surface area contributed by atoms with Crippen molar-refractivity contribution in [3.05, 3.63) is 149 Å². The SMILES string of the molecule is CCOC(=O)C1=Cc2ccc(S(=O)(=O)Nc3nccs3)cc2NC(=NC(c2ccccc2)(c2ccccc2)c2ccccc2)C1. The molecule has 2 heterocycles. The van der Waals surface area contributed by atoms with Gasteiger partial charge in [0.1, 0.15) is 11.4 Å². The predicted octanol–water partition coefficient (Wildman–Crippen LogP) is 7.10. The van der Waals surface area contributed by atoms with Crippen LogP contribution in [0.25, 0.3) is 6.08 Å². The normalized spacial score (nSPS) is 14.1. The minimum atomic E-state index is -3.94. The molecule has 1 aliphatic heterocycles. The second-order valence-electron chi connectivity index (χ2n) is 10.3. The summed E-state index contributed by atoms with van der Waals surface area (Å²) >= 11 is 1.19. The van der Waals surface area contributed by atoms with Crippen molar-refractivity contribution in [2.75, 3.05) is 16.6 Å². The minimum absolute atomic E-state index is 0.0386. The number of hydrogen-bond acceptors (Lipinski definition) is 7. The van der Waals surface area contributed by atoms with Crippen molar-refractivity contribution in [1.29, 1.82) is 0 Å². The second-order valence-corrected chi connectivity index (χ2v) is 12.8. The van der Waals surface area contributed by atoms with Crippen LogP contribution < -0.4 is 10.0 Å². The van der Waals surface area contributed by atoms with E-state index < -0.39 is 21.5 Å². The summed E-state index contributed by atoms with van der Waals surface area (Å²) in [6, 6.07) is 34.6. The summed E-state index contributed by atoms with van der Waals surface area (Å²) in [6.07, 6.45) is 3.38. The van der Waals surface area contributed by atoms with E-state index in [-0.39, 0.29) is 23.1 Å². The number of carbonyl (C=O) groups is 1. The number of sulfonamides is 1. The van der Waals surface area contributed by atoms with Crippen LogP contribution in [0.4, 0.5) is 10.8 Å². The maximum Gasteiger partial charge on any atom is 0.334 e. The highest BCUT2D eigenvalue weighted by molar-refractivity contribution is 7.93. The molecule has 0 fully saturated rings. The molecule has 226 valence electrons. The van der Waals surface area contributed by atoms with Gasteiger partial charge in [-0.2, -0.15) is 0 Å². The number of nitrogens with one attached hydrogen (secondary N) is 2. The number of hydrogen-bond donors (Lipinski definition) is 2. The largest absolute Gasteiger partial charge is 0.463 e. The second kappa shape index (κ2) is 12.9. The van der Waals surface area contributed by atoms with E-state index in [1.54, 1.807) is 30.5 Å². The number of esters is 1. The fraction of sp³-hybridized carbons (Fsp3) is 0.114. The first-order valence-electron chi connectivity index (χ1n) is 14.4. The lowest BCUT2D eigenvalue weighted by Crippen LogP contribution is -2.31. The fourth-order valence-electron chi connectivity index (χ4n) is 5.36. The maximum atomic E-state index is 13.3. The molecule has 0 spiro atoms. The van der Waals surface area contributed by atoms with Crippen molar-refractivity contribution in [2.45, 2.75) is 23.8 Å². The predicted molar refractivity (Wildman–Crippen MR) is 179 cm³/mol. The van der Waals surface area contributed by atoms with Gasteiger partial charge in [0.15, 0.2) is 5.13 Å². The zero-order valence-corrected chi connectivity index (χ0v) is 26.0. The van der Waals surface area contributed by atoms with E-state index in [1.165, 1.54) is 23.6 Å². The topological polar surface area (TPSA) is 110 Å². The minimum Gasteiger partial charge on any atom is -0.463 e. The van der Waals surface area contributed by atoms with Crippen LogP contribution in [0.2, 0.25) is 0 Å². The molecule has 0 radical (unpaired) electrons. The van der Waals surface area contributed by atoms with Gasteiger partial charge < -0.3 is 10.1 Å². The van der Waals surface area contributed by atoms with Crippen molar-refractivity contribution >= 4 is 50.1 Å². The Kier molecular flexibility index (Phi) is 8.59. The summed E-state index contributed by atoms with van der Waals surface area (Å²) in [6.45, 7) is 1.97. The Morgan fingerprint density at radius 3 is 2.07 bits per heavy atom. The highest BCUT2D eigenvalue weighted by Gasteiger charge is 2.37. The van der Waals surface area contributed by atoms with Crippen molar-refractivity contribution in [3.63, 3.8) is 0 Å². The highest BCUT2D eigenvalue weighted by atomic mass is 32.2. The molecule has 5 aromatic rings. The van der Waals surface area contributed by atoms with E-state index in [2.05, 4.69) is 15.0 Å². The van der Waals surface area contributed by atoms with Crippen LogP contribution in [0.15, 0.2) is 136 Å². The van der Waals surface area contributed by atoms with Crippen LogP contribution in [-0.4, -0.2) is 31.8 Å². The Morgan fingerprint density at radius 2 is 1.53 bits per heavy atom.